The lowest BCUT2D eigenvalue weighted by Crippen LogP contribution is -2.33. The summed E-state index contributed by atoms with van der Waals surface area (Å²) in [7, 11) is 0. The summed E-state index contributed by atoms with van der Waals surface area (Å²) in [6.45, 7) is 4.73. The van der Waals surface area contributed by atoms with E-state index in [9.17, 15) is 0 Å². The molecular weight excluding hydrogens is 595 g/mol. The molecule has 1 heterocycles. The number of aliphatic imine (C=N–C) groups is 2. The number of nitrogens with zero attached hydrogens (tertiary/aromatic N) is 2. The smallest absolute Gasteiger partial charge is 0.159 e. The first-order valence-corrected chi connectivity index (χ1v) is 17.0. The first-order valence-electron chi connectivity index (χ1n) is 17.0. The average Bonchev–Trinajstić information content (AvgIpc) is 3.41. The van der Waals surface area contributed by atoms with Crippen LogP contribution in [0, 0.1) is 0 Å². The van der Waals surface area contributed by atoms with E-state index in [1.165, 1.54) is 55.3 Å². The van der Waals surface area contributed by atoms with E-state index < -0.39 is 0 Å². The van der Waals surface area contributed by atoms with Gasteiger partial charge in [0.05, 0.1) is 0 Å². The van der Waals surface area contributed by atoms with E-state index in [0.717, 1.165) is 28.4 Å². The molecule has 2 aliphatic rings. The predicted octanol–water partition coefficient (Wildman–Crippen LogP) is 11.0. The van der Waals surface area contributed by atoms with Crippen LogP contribution >= 0.6 is 0 Å². The third-order valence-corrected chi connectivity index (χ3v) is 10.1. The number of rotatable bonds is 5. The van der Waals surface area contributed by atoms with Gasteiger partial charge in [-0.25, -0.2) is 9.98 Å². The predicted molar refractivity (Wildman–Crippen MR) is 204 cm³/mol. The van der Waals surface area contributed by atoms with Gasteiger partial charge < -0.3 is 5.32 Å². The molecule has 0 amide bonds. The van der Waals surface area contributed by atoms with E-state index in [0.29, 0.717) is 0 Å². The second-order valence-electron chi connectivity index (χ2n) is 13.5. The quantitative estimate of drug-likeness (QED) is 0.202. The molecule has 1 aliphatic heterocycles. The highest BCUT2D eigenvalue weighted by molar-refractivity contribution is 6.14. The molecule has 0 radical (unpaired) electrons. The molecule has 0 fully saturated rings. The lowest BCUT2D eigenvalue weighted by Gasteiger charge is -2.25. The number of hydrogen-bond acceptors (Lipinski definition) is 3. The summed E-state index contributed by atoms with van der Waals surface area (Å²) in [6, 6.07) is 58.3. The van der Waals surface area contributed by atoms with Crippen molar-refractivity contribution in [1.82, 2.24) is 5.32 Å². The van der Waals surface area contributed by atoms with Crippen LogP contribution < -0.4 is 5.32 Å². The largest absolute Gasteiger partial charge is 0.344 e. The Bertz CT molecular complexity index is 2410. The Morgan fingerprint density at radius 1 is 0.531 bits per heavy atom. The summed E-state index contributed by atoms with van der Waals surface area (Å²) in [5.74, 6) is 1.55. The maximum Gasteiger partial charge on any atom is 0.159 e. The van der Waals surface area contributed by atoms with Gasteiger partial charge in [-0.2, -0.15) is 0 Å². The lowest BCUT2D eigenvalue weighted by molar-refractivity contribution is 0.665. The van der Waals surface area contributed by atoms with Crippen LogP contribution in [0.15, 0.2) is 174 Å². The van der Waals surface area contributed by atoms with Crippen LogP contribution in [0.3, 0.4) is 0 Å². The zero-order valence-electron chi connectivity index (χ0n) is 27.6. The van der Waals surface area contributed by atoms with Gasteiger partial charge in [0.25, 0.3) is 0 Å². The molecule has 0 spiro atoms. The monoisotopic (exact) mass is 629 g/mol. The number of amidine groups is 2. The van der Waals surface area contributed by atoms with Crippen LogP contribution in [0.1, 0.15) is 47.8 Å². The lowest BCUT2D eigenvalue weighted by atomic mass is 9.79. The van der Waals surface area contributed by atoms with Gasteiger partial charge in [-0.05, 0) is 73.0 Å². The van der Waals surface area contributed by atoms with Gasteiger partial charge in [0.2, 0.25) is 0 Å². The van der Waals surface area contributed by atoms with Crippen molar-refractivity contribution in [3.63, 3.8) is 0 Å². The first kappa shape index (κ1) is 29.1. The van der Waals surface area contributed by atoms with E-state index in [1.54, 1.807) is 0 Å². The Hall–Kier alpha value is -6.06. The zero-order chi connectivity index (χ0) is 33.0. The molecule has 7 aromatic rings. The summed E-state index contributed by atoms with van der Waals surface area (Å²) in [5.41, 5.74) is 13.1. The molecule has 3 heteroatoms. The molecule has 3 nitrogen and oxygen atoms in total. The summed E-state index contributed by atoms with van der Waals surface area (Å²) in [6.07, 6.45) is -0.260. The molecule has 1 N–H and O–H groups in total. The van der Waals surface area contributed by atoms with Gasteiger partial charge in [0.1, 0.15) is 12.0 Å². The standard InChI is InChI=1S/C46H35N3/c1-46(2)40-29-36(26-27-38(40)41-39(32-16-8-4-9-17-32)28-35-20-12-13-21-37(35)42(41)46)45-48-43(33-18-10-5-11-19-33)47-44(49-45)34-24-22-31(23-25-34)30-14-6-3-7-15-30/h3-29,43H,1-2H3,(H,47,48,49). The number of nitrogens with one attached hydrogen (secondary N) is 1. The van der Waals surface area contributed by atoms with Crippen LogP contribution in [0.5, 0.6) is 0 Å². The molecule has 49 heavy (non-hydrogen) atoms. The third-order valence-electron chi connectivity index (χ3n) is 10.1. The van der Waals surface area contributed by atoms with Crippen molar-refractivity contribution in [3.8, 4) is 33.4 Å². The molecule has 0 saturated heterocycles. The normalized spacial score (nSPS) is 15.9. The van der Waals surface area contributed by atoms with Gasteiger partial charge in [-0.15, -0.1) is 0 Å². The van der Waals surface area contributed by atoms with Gasteiger partial charge in [-0.3, -0.25) is 0 Å². The Morgan fingerprint density at radius 3 is 1.86 bits per heavy atom. The van der Waals surface area contributed by atoms with Crippen LogP contribution in [-0.4, -0.2) is 11.7 Å². The van der Waals surface area contributed by atoms with Crippen molar-refractivity contribution < 1.29 is 0 Å². The van der Waals surface area contributed by atoms with E-state index in [4.69, 9.17) is 9.98 Å². The molecule has 0 saturated carbocycles. The van der Waals surface area contributed by atoms with E-state index in [-0.39, 0.29) is 11.6 Å². The van der Waals surface area contributed by atoms with Crippen molar-refractivity contribution in [2.45, 2.75) is 25.4 Å². The fourth-order valence-electron chi connectivity index (χ4n) is 7.66. The summed E-state index contributed by atoms with van der Waals surface area (Å²) in [4.78, 5) is 10.4. The molecule has 1 aliphatic carbocycles. The average molecular weight is 630 g/mol. The Balaban J connectivity index is 1.18. The molecule has 1 atom stereocenters. The van der Waals surface area contributed by atoms with Gasteiger partial charge in [0.15, 0.2) is 5.84 Å². The fourth-order valence-corrected chi connectivity index (χ4v) is 7.66. The molecule has 9 rings (SSSR count). The maximum atomic E-state index is 5.22. The SMILES string of the molecule is CC1(C)c2cc(C3=NC(c4ccccc4)NC(c4ccc(-c5ccccc5)cc4)=N3)ccc2-c2c(-c3ccccc3)cc3ccccc3c21. The Kier molecular flexibility index (Phi) is 6.87. The second-order valence-corrected chi connectivity index (χ2v) is 13.5. The van der Waals surface area contributed by atoms with Crippen LogP contribution in [0.25, 0.3) is 44.2 Å². The first-order chi connectivity index (χ1) is 24.0. The molecular formula is C46H35N3. The van der Waals surface area contributed by atoms with Gasteiger partial charge in [-0.1, -0.05) is 166 Å². The Labute approximate surface area is 287 Å². The molecule has 0 aromatic heterocycles. The Morgan fingerprint density at radius 2 is 1.12 bits per heavy atom. The minimum Gasteiger partial charge on any atom is -0.344 e. The summed E-state index contributed by atoms with van der Waals surface area (Å²) >= 11 is 0. The summed E-state index contributed by atoms with van der Waals surface area (Å²) < 4.78 is 0. The number of benzene rings is 7. The van der Waals surface area contributed by atoms with Crippen molar-refractivity contribution in [2.75, 3.05) is 0 Å². The number of fused-ring (bicyclic) bond motifs is 5. The minimum absolute atomic E-state index is 0.225. The summed E-state index contributed by atoms with van der Waals surface area (Å²) in [5, 5.41) is 6.21. The van der Waals surface area contributed by atoms with Crippen LogP contribution in [-0.2, 0) is 5.41 Å². The van der Waals surface area contributed by atoms with E-state index >= 15 is 0 Å². The third kappa shape index (κ3) is 4.98. The fraction of sp³-hybridized carbons (Fsp3) is 0.0870. The van der Waals surface area contributed by atoms with E-state index in [2.05, 4.69) is 171 Å². The van der Waals surface area contributed by atoms with Crippen molar-refractivity contribution in [1.29, 1.82) is 0 Å². The molecule has 1 unspecified atom stereocenters. The highest BCUT2D eigenvalue weighted by Gasteiger charge is 2.39. The molecule has 234 valence electrons. The molecule has 7 aromatic carbocycles. The van der Waals surface area contributed by atoms with Crippen LogP contribution in [0.4, 0.5) is 0 Å². The van der Waals surface area contributed by atoms with Crippen molar-refractivity contribution in [3.05, 3.63) is 192 Å². The minimum atomic E-state index is -0.260. The van der Waals surface area contributed by atoms with Gasteiger partial charge in [0, 0.05) is 16.5 Å². The van der Waals surface area contributed by atoms with Crippen molar-refractivity contribution >= 4 is 22.4 Å². The van der Waals surface area contributed by atoms with Crippen LogP contribution in [0.2, 0.25) is 0 Å². The second kappa shape index (κ2) is 11.6. The topological polar surface area (TPSA) is 36.8 Å². The highest BCUT2D eigenvalue weighted by Crippen LogP contribution is 2.55. The number of hydrogen-bond donors (Lipinski definition) is 1. The van der Waals surface area contributed by atoms with E-state index in [1.807, 2.05) is 12.1 Å². The highest BCUT2D eigenvalue weighted by atomic mass is 15.2. The molecule has 0 bridgehead atoms. The van der Waals surface area contributed by atoms with Gasteiger partial charge >= 0.3 is 0 Å². The van der Waals surface area contributed by atoms with Crippen molar-refractivity contribution in [2.24, 2.45) is 9.98 Å². The zero-order valence-corrected chi connectivity index (χ0v) is 27.6. The maximum absolute atomic E-state index is 5.22.